The first-order valence-corrected chi connectivity index (χ1v) is 5.91. The second-order valence-electron chi connectivity index (χ2n) is 3.84. The van der Waals surface area contributed by atoms with Crippen molar-refractivity contribution in [3.05, 3.63) is 48.0 Å². The van der Waals surface area contributed by atoms with E-state index in [9.17, 15) is 4.79 Å². The molecule has 0 fully saturated rings. The van der Waals surface area contributed by atoms with Gasteiger partial charge in [0.25, 0.3) is 5.91 Å². The predicted octanol–water partition coefficient (Wildman–Crippen LogP) is 1.75. The SMILES string of the molecule is C=CCCNC(=O)c1ccccc1CCNC. The molecule has 17 heavy (non-hydrogen) atoms. The summed E-state index contributed by atoms with van der Waals surface area (Å²) in [6.45, 7) is 5.14. The number of hydrogen-bond donors (Lipinski definition) is 2. The van der Waals surface area contributed by atoms with E-state index in [2.05, 4.69) is 17.2 Å². The van der Waals surface area contributed by atoms with Crippen LogP contribution in [0.2, 0.25) is 0 Å². The van der Waals surface area contributed by atoms with Crippen molar-refractivity contribution in [1.82, 2.24) is 10.6 Å². The molecule has 3 nitrogen and oxygen atoms in total. The lowest BCUT2D eigenvalue weighted by Crippen LogP contribution is -2.25. The second-order valence-corrected chi connectivity index (χ2v) is 3.84. The first-order chi connectivity index (χ1) is 8.29. The quantitative estimate of drug-likeness (QED) is 0.555. The second kappa shape index (κ2) is 7.63. The molecule has 1 aromatic carbocycles. The van der Waals surface area contributed by atoms with Crippen molar-refractivity contribution in [3.63, 3.8) is 0 Å². The molecule has 0 saturated heterocycles. The molecule has 1 aromatic rings. The predicted molar refractivity (Wildman–Crippen MR) is 71.2 cm³/mol. The minimum absolute atomic E-state index is 0.00134. The van der Waals surface area contributed by atoms with E-state index in [1.54, 1.807) is 6.08 Å². The molecule has 0 aromatic heterocycles. The minimum Gasteiger partial charge on any atom is -0.352 e. The van der Waals surface area contributed by atoms with Crippen LogP contribution in [0.4, 0.5) is 0 Å². The van der Waals surface area contributed by atoms with E-state index in [1.807, 2.05) is 31.3 Å². The fourth-order valence-electron chi connectivity index (χ4n) is 1.60. The van der Waals surface area contributed by atoms with Crippen LogP contribution in [0, 0.1) is 0 Å². The van der Waals surface area contributed by atoms with Gasteiger partial charge < -0.3 is 10.6 Å². The Hall–Kier alpha value is -1.61. The standard InChI is InChI=1S/C14H20N2O/c1-3-4-10-16-14(17)13-8-6-5-7-12(13)9-11-15-2/h3,5-8,15H,1,4,9-11H2,2H3,(H,16,17). The monoisotopic (exact) mass is 232 g/mol. The number of hydrogen-bond acceptors (Lipinski definition) is 2. The number of carbonyl (C=O) groups is 1. The number of benzene rings is 1. The Morgan fingerprint density at radius 2 is 2.12 bits per heavy atom. The average Bonchev–Trinajstić information content (AvgIpc) is 2.37. The molecule has 0 bridgehead atoms. The molecule has 1 rings (SSSR count). The zero-order valence-corrected chi connectivity index (χ0v) is 10.3. The van der Waals surface area contributed by atoms with Gasteiger partial charge in [-0.2, -0.15) is 0 Å². The van der Waals surface area contributed by atoms with Crippen LogP contribution in [0.25, 0.3) is 0 Å². The van der Waals surface area contributed by atoms with Gasteiger partial charge in [-0.3, -0.25) is 4.79 Å². The highest BCUT2D eigenvalue weighted by Gasteiger charge is 2.09. The summed E-state index contributed by atoms with van der Waals surface area (Å²) in [7, 11) is 1.91. The molecule has 0 saturated carbocycles. The lowest BCUT2D eigenvalue weighted by atomic mass is 10.0. The molecule has 2 N–H and O–H groups in total. The van der Waals surface area contributed by atoms with Crippen LogP contribution in [0.3, 0.4) is 0 Å². The fourth-order valence-corrected chi connectivity index (χ4v) is 1.60. The highest BCUT2D eigenvalue weighted by atomic mass is 16.1. The molecule has 1 amide bonds. The van der Waals surface area contributed by atoms with Crippen LogP contribution >= 0.6 is 0 Å². The Labute approximate surface area is 103 Å². The number of rotatable bonds is 7. The van der Waals surface area contributed by atoms with E-state index in [0.29, 0.717) is 6.54 Å². The van der Waals surface area contributed by atoms with Crippen molar-refractivity contribution in [3.8, 4) is 0 Å². The molecular formula is C14H20N2O. The average molecular weight is 232 g/mol. The highest BCUT2D eigenvalue weighted by molar-refractivity contribution is 5.95. The minimum atomic E-state index is -0.00134. The zero-order chi connectivity index (χ0) is 12.5. The molecule has 0 radical (unpaired) electrons. The Morgan fingerprint density at radius 3 is 2.82 bits per heavy atom. The van der Waals surface area contributed by atoms with Crippen LogP contribution in [0.5, 0.6) is 0 Å². The normalized spacial score (nSPS) is 9.94. The van der Waals surface area contributed by atoms with Gasteiger partial charge in [0.15, 0.2) is 0 Å². The third kappa shape index (κ3) is 4.41. The van der Waals surface area contributed by atoms with Gasteiger partial charge in [0, 0.05) is 12.1 Å². The maximum atomic E-state index is 11.9. The van der Waals surface area contributed by atoms with Gasteiger partial charge in [-0.05, 0) is 38.1 Å². The van der Waals surface area contributed by atoms with Crippen molar-refractivity contribution < 1.29 is 4.79 Å². The Balaban J connectivity index is 2.67. The number of nitrogens with one attached hydrogen (secondary N) is 2. The maximum absolute atomic E-state index is 11.9. The Bertz CT molecular complexity index is 374. The van der Waals surface area contributed by atoms with Gasteiger partial charge in [-0.25, -0.2) is 0 Å². The van der Waals surface area contributed by atoms with Gasteiger partial charge in [-0.1, -0.05) is 24.3 Å². The van der Waals surface area contributed by atoms with Gasteiger partial charge in [0.1, 0.15) is 0 Å². The van der Waals surface area contributed by atoms with Gasteiger partial charge in [-0.15, -0.1) is 6.58 Å². The summed E-state index contributed by atoms with van der Waals surface area (Å²) in [4.78, 5) is 11.9. The summed E-state index contributed by atoms with van der Waals surface area (Å²) in [5, 5.41) is 5.98. The van der Waals surface area contributed by atoms with E-state index in [0.717, 1.165) is 30.5 Å². The van der Waals surface area contributed by atoms with E-state index < -0.39 is 0 Å². The van der Waals surface area contributed by atoms with Crippen LogP contribution in [-0.4, -0.2) is 26.0 Å². The fraction of sp³-hybridized carbons (Fsp3) is 0.357. The Morgan fingerprint density at radius 1 is 1.35 bits per heavy atom. The molecule has 0 unspecified atom stereocenters. The van der Waals surface area contributed by atoms with Crippen LogP contribution < -0.4 is 10.6 Å². The highest BCUT2D eigenvalue weighted by Crippen LogP contribution is 2.09. The zero-order valence-electron chi connectivity index (χ0n) is 10.3. The molecule has 3 heteroatoms. The smallest absolute Gasteiger partial charge is 0.251 e. The molecule has 0 aliphatic carbocycles. The summed E-state index contributed by atoms with van der Waals surface area (Å²) in [5.41, 5.74) is 1.85. The summed E-state index contributed by atoms with van der Waals surface area (Å²) < 4.78 is 0. The lowest BCUT2D eigenvalue weighted by molar-refractivity contribution is 0.0953. The summed E-state index contributed by atoms with van der Waals surface area (Å²) >= 11 is 0. The molecule has 0 aliphatic heterocycles. The first-order valence-electron chi connectivity index (χ1n) is 5.91. The number of carbonyl (C=O) groups excluding carboxylic acids is 1. The van der Waals surface area contributed by atoms with Crippen LogP contribution in [-0.2, 0) is 6.42 Å². The molecule has 0 heterocycles. The van der Waals surface area contributed by atoms with Crippen LogP contribution in [0.1, 0.15) is 22.3 Å². The van der Waals surface area contributed by atoms with E-state index in [-0.39, 0.29) is 5.91 Å². The van der Waals surface area contributed by atoms with Crippen molar-refractivity contribution in [2.45, 2.75) is 12.8 Å². The van der Waals surface area contributed by atoms with Crippen LogP contribution in [0.15, 0.2) is 36.9 Å². The van der Waals surface area contributed by atoms with Crippen molar-refractivity contribution in [2.75, 3.05) is 20.1 Å². The molecular weight excluding hydrogens is 212 g/mol. The van der Waals surface area contributed by atoms with E-state index >= 15 is 0 Å². The van der Waals surface area contributed by atoms with Crippen molar-refractivity contribution in [2.24, 2.45) is 0 Å². The third-order valence-electron chi connectivity index (χ3n) is 2.54. The molecule has 0 spiro atoms. The van der Waals surface area contributed by atoms with Crippen molar-refractivity contribution in [1.29, 1.82) is 0 Å². The summed E-state index contributed by atoms with van der Waals surface area (Å²) in [5.74, 6) is -0.00134. The summed E-state index contributed by atoms with van der Waals surface area (Å²) in [6, 6.07) is 7.73. The van der Waals surface area contributed by atoms with Gasteiger partial charge >= 0.3 is 0 Å². The maximum Gasteiger partial charge on any atom is 0.251 e. The summed E-state index contributed by atoms with van der Waals surface area (Å²) in [6.07, 6.45) is 3.46. The molecule has 0 aliphatic rings. The lowest BCUT2D eigenvalue weighted by Gasteiger charge is -2.09. The number of amides is 1. The molecule has 92 valence electrons. The van der Waals surface area contributed by atoms with E-state index in [4.69, 9.17) is 0 Å². The third-order valence-corrected chi connectivity index (χ3v) is 2.54. The van der Waals surface area contributed by atoms with Gasteiger partial charge in [0.05, 0.1) is 0 Å². The number of likely N-dealkylation sites (N-methyl/N-ethyl adjacent to an activating group) is 1. The molecule has 0 atom stereocenters. The topological polar surface area (TPSA) is 41.1 Å². The van der Waals surface area contributed by atoms with Gasteiger partial charge in [0.2, 0.25) is 0 Å². The van der Waals surface area contributed by atoms with E-state index in [1.165, 1.54) is 0 Å². The first kappa shape index (κ1) is 13.5. The largest absolute Gasteiger partial charge is 0.352 e. The Kier molecular flexibility index (Phi) is 6.04. The van der Waals surface area contributed by atoms with Crippen molar-refractivity contribution >= 4 is 5.91 Å².